The molecule has 20 heavy (non-hydrogen) atoms. The Morgan fingerprint density at radius 2 is 2.20 bits per heavy atom. The second kappa shape index (κ2) is 5.52. The molecule has 0 aliphatic carbocycles. The van der Waals surface area contributed by atoms with Gasteiger partial charge in [0.05, 0.1) is 30.6 Å². The number of anilines is 2. The summed E-state index contributed by atoms with van der Waals surface area (Å²) >= 11 is 1.65. The minimum absolute atomic E-state index is 0.0942. The highest BCUT2D eigenvalue weighted by molar-refractivity contribution is 7.13. The van der Waals surface area contributed by atoms with Gasteiger partial charge in [0.1, 0.15) is 0 Å². The predicted molar refractivity (Wildman–Crippen MR) is 80.9 cm³/mol. The van der Waals surface area contributed by atoms with Crippen molar-refractivity contribution in [3.8, 4) is 10.4 Å². The Labute approximate surface area is 120 Å². The first-order valence-electron chi connectivity index (χ1n) is 6.31. The number of nitrogens with one attached hydrogen (secondary N) is 2. The summed E-state index contributed by atoms with van der Waals surface area (Å²) in [6.45, 7) is 1.14. The molecule has 0 saturated carbocycles. The molecule has 1 aliphatic rings. The fourth-order valence-corrected chi connectivity index (χ4v) is 2.65. The Bertz CT molecular complexity index is 609. The molecule has 2 heterocycles. The third kappa shape index (κ3) is 2.76. The number of carbonyl (C=O) groups is 1. The van der Waals surface area contributed by atoms with E-state index in [1.807, 2.05) is 29.6 Å². The number of urea groups is 1. The largest absolute Gasteiger partial charge is 0.397 e. The summed E-state index contributed by atoms with van der Waals surface area (Å²) in [5.74, 6) is 0. The molecule has 104 valence electrons. The number of ether oxygens (including phenoxy) is 1. The highest BCUT2D eigenvalue weighted by Gasteiger charge is 2.20. The van der Waals surface area contributed by atoms with Crippen LogP contribution in [0.2, 0.25) is 0 Å². The summed E-state index contributed by atoms with van der Waals surface area (Å²) in [6.07, 6.45) is 0. The smallest absolute Gasteiger partial charge is 0.319 e. The first-order valence-corrected chi connectivity index (χ1v) is 7.19. The van der Waals surface area contributed by atoms with Gasteiger partial charge in [0, 0.05) is 4.88 Å². The van der Waals surface area contributed by atoms with E-state index in [0.29, 0.717) is 24.6 Å². The van der Waals surface area contributed by atoms with Crippen LogP contribution in [0.3, 0.4) is 0 Å². The summed E-state index contributed by atoms with van der Waals surface area (Å²) in [6, 6.07) is 9.50. The molecule has 1 aliphatic heterocycles. The van der Waals surface area contributed by atoms with Crippen molar-refractivity contribution in [2.75, 3.05) is 24.3 Å². The van der Waals surface area contributed by atoms with Gasteiger partial charge in [-0.2, -0.15) is 0 Å². The van der Waals surface area contributed by atoms with Crippen molar-refractivity contribution in [1.82, 2.24) is 5.32 Å². The Hall–Kier alpha value is -2.05. The number of nitrogens with two attached hydrogens (primary N) is 1. The van der Waals surface area contributed by atoms with E-state index in [9.17, 15) is 4.79 Å². The minimum atomic E-state index is -0.256. The molecule has 0 radical (unpaired) electrons. The third-order valence-corrected chi connectivity index (χ3v) is 4.00. The van der Waals surface area contributed by atoms with Crippen molar-refractivity contribution in [2.45, 2.75) is 6.04 Å². The van der Waals surface area contributed by atoms with E-state index in [1.165, 1.54) is 0 Å². The van der Waals surface area contributed by atoms with E-state index in [0.717, 1.165) is 10.4 Å². The van der Waals surface area contributed by atoms with Gasteiger partial charge in [0.25, 0.3) is 0 Å². The van der Waals surface area contributed by atoms with Crippen LogP contribution in [0.15, 0.2) is 35.7 Å². The quantitative estimate of drug-likeness (QED) is 0.760. The molecule has 1 aromatic heterocycles. The van der Waals surface area contributed by atoms with E-state index in [1.54, 1.807) is 17.4 Å². The minimum Gasteiger partial charge on any atom is -0.397 e. The Morgan fingerprint density at radius 3 is 2.85 bits per heavy atom. The van der Waals surface area contributed by atoms with Gasteiger partial charge in [-0.25, -0.2) is 4.79 Å². The number of nitrogen functional groups attached to an aromatic ring is 1. The number of carbonyl (C=O) groups excluding carboxylic acids is 1. The van der Waals surface area contributed by atoms with Crippen LogP contribution in [-0.4, -0.2) is 25.3 Å². The molecule has 4 N–H and O–H groups in total. The second-order valence-corrected chi connectivity index (χ2v) is 5.56. The average molecular weight is 289 g/mol. The third-order valence-electron chi connectivity index (χ3n) is 3.08. The van der Waals surface area contributed by atoms with Crippen LogP contribution in [0.1, 0.15) is 0 Å². The summed E-state index contributed by atoms with van der Waals surface area (Å²) in [4.78, 5) is 13.0. The molecule has 5 nitrogen and oxygen atoms in total. The molecule has 1 saturated heterocycles. The summed E-state index contributed by atoms with van der Waals surface area (Å²) in [5, 5.41) is 7.62. The molecule has 0 spiro atoms. The van der Waals surface area contributed by atoms with Crippen LogP contribution in [-0.2, 0) is 4.74 Å². The monoisotopic (exact) mass is 289 g/mol. The van der Waals surface area contributed by atoms with E-state index in [-0.39, 0.29) is 12.1 Å². The lowest BCUT2D eigenvalue weighted by atomic mass is 10.1. The Balaban J connectivity index is 1.74. The second-order valence-electron chi connectivity index (χ2n) is 4.61. The lowest BCUT2D eigenvalue weighted by Gasteiger charge is -2.26. The van der Waals surface area contributed by atoms with Crippen molar-refractivity contribution in [2.24, 2.45) is 0 Å². The SMILES string of the molecule is Nc1ccc(-c2cccs2)cc1NC(=O)NC1COC1. The molecule has 0 bridgehead atoms. The molecule has 1 fully saturated rings. The van der Waals surface area contributed by atoms with Gasteiger partial charge >= 0.3 is 6.03 Å². The zero-order chi connectivity index (χ0) is 13.9. The number of hydrogen-bond donors (Lipinski definition) is 3. The van der Waals surface area contributed by atoms with E-state index < -0.39 is 0 Å². The van der Waals surface area contributed by atoms with Crippen molar-refractivity contribution < 1.29 is 9.53 Å². The molecule has 0 atom stereocenters. The van der Waals surface area contributed by atoms with Crippen LogP contribution in [0.4, 0.5) is 16.2 Å². The lowest BCUT2D eigenvalue weighted by Crippen LogP contribution is -2.50. The molecule has 1 aromatic carbocycles. The Kier molecular flexibility index (Phi) is 3.58. The van der Waals surface area contributed by atoms with Crippen molar-refractivity contribution >= 4 is 28.7 Å². The number of hydrogen-bond acceptors (Lipinski definition) is 4. The van der Waals surface area contributed by atoms with Crippen molar-refractivity contribution in [3.63, 3.8) is 0 Å². The molecular weight excluding hydrogens is 274 g/mol. The molecular formula is C14H15N3O2S. The number of thiophene rings is 1. The fraction of sp³-hybridized carbons (Fsp3) is 0.214. The first kappa shape index (κ1) is 13.0. The lowest BCUT2D eigenvalue weighted by molar-refractivity contribution is 0.000736. The first-order chi connectivity index (χ1) is 9.72. The van der Waals surface area contributed by atoms with Gasteiger partial charge < -0.3 is 21.1 Å². The predicted octanol–water partition coefficient (Wildman–Crippen LogP) is 2.52. The van der Waals surface area contributed by atoms with E-state index in [4.69, 9.17) is 10.5 Å². The standard InChI is InChI=1S/C14H15N3O2S/c15-11-4-3-9(13-2-1-5-20-13)6-12(11)17-14(18)16-10-7-19-8-10/h1-6,10H,7-8,15H2,(H2,16,17,18). The summed E-state index contributed by atoms with van der Waals surface area (Å²) in [7, 11) is 0. The summed E-state index contributed by atoms with van der Waals surface area (Å²) in [5.41, 5.74) is 8.11. The molecule has 2 aromatic rings. The maximum Gasteiger partial charge on any atom is 0.319 e. The normalized spacial score (nSPS) is 14.6. The fourth-order valence-electron chi connectivity index (χ4n) is 1.92. The number of benzene rings is 1. The summed E-state index contributed by atoms with van der Waals surface area (Å²) < 4.78 is 5.01. The average Bonchev–Trinajstić information content (AvgIpc) is 2.90. The molecule has 3 rings (SSSR count). The zero-order valence-electron chi connectivity index (χ0n) is 10.8. The highest BCUT2D eigenvalue weighted by Crippen LogP contribution is 2.30. The van der Waals surface area contributed by atoms with E-state index in [2.05, 4.69) is 10.6 Å². The van der Waals surface area contributed by atoms with E-state index >= 15 is 0 Å². The van der Waals surface area contributed by atoms with Gasteiger partial charge in [-0.15, -0.1) is 11.3 Å². The highest BCUT2D eigenvalue weighted by atomic mass is 32.1. The van der Waals surface area contributed by atoms with Crippen LogP contribution in [0.5, 0.6) is 0 Å². The Morgan fingerprint density at radius 1 is 1.35 bits per heavy atom. The van der Waals surface area contributed by atoms with Crippen molar-refractivity contribution in [1.29, 1.82) is 0 Å². The zero-order valence-corrected chi connectivity index (χ0v) is 11.6. The maximum absolute atomic E-state index is 11.8. The molecule has 6 heteroatoms. The number of rotatable bonds is 3. The molecule has 2 amide bonds. The van der Waals surface area contributed by atoms with Crippen LogP contribution < -0.4 is 16.4 Å². The van der Waals surface area contributed by atoms with Gasteiger partial charge in [-0.3, -0.25) is 0 Å². The van der Waals surface area contributed by atoms with Crippen molar-refractivity contribution in [3.05, 3.63) is 35.7 Å². The van der Waals surface area contributed by atoms with Gasteiger partial charge in [-0.05, 0) is 29.1 Å². The number of amides is 2. The van der Waals surface area contributed by atoms with Gasteiger partial charge in [-0.1, -0.05) is 12.1 Å². The van der Waals surface area contributed by atoms with Gasteiger partial charge in [0.2, 0.25) is 0 Å². The topological polar surface area (TPSA) is 76.4 Å². The van der Waals surface area contributed by atoms with Gasteiger partial charge in [0.15, 0.2) is 0 Å². The van der Waals surface area contributed by atoms with Crippen LogP contribution in [0, 0.1) is 0 Å². The van der Waals surface area contributed by atoms with Crippen LogP contribution in [0.25, 0.3) is 10.4 Å². The maximum atomic E-state index is 11.8. The molecule has 0 unspecified atom stereocenters. The van der Waals surface area contributed by atoms with Crippen LogP contribution >= 0.6 is 11.3 Å².